The molecule has 0 aliphatic heterocycles. The average molecular weight is 200 g/mol. The first kappa shape index (κ1) is 10.6. The van der Waals surface area contributed by atoms with Gasteiger partial charge in [0.25, 0.3) is 5.92 Å². The SMILES string of the molecule is CC(=O)CC(F)(F)c1ccc(O)cc1. The predicted molar refractivity (Wildman–Crippen MR) is 47.3 cm³/mol. The molecule has 0 fully saturated rings. The molecule has 0 unspecified atom stereocenters. The first-order valence-electron chi connectivity index (χ1n) is 4.08. The lowest BCUT2D eigenvalue weighted by molar-refractivity contribution is -0.124. The highest BCUT2D eigenvalue weighted by atomic mass is 19.3. The van der Waals surface area contributed by atoms with E-state index in [1.807, 2.05) is 0 Å². The zero-order valence-electron chi connectivity index (χ0n) is 7.63. The van der Waals surface area contributed by atoms with E-state index < -0.39 is 18.1 Å². The molecule has 1 aromatic carbocycles. The van der Waals surface area contributed by atoms with Crippen molar-refractivity contribution in [2.24, 2.45) is 0 Å². The van der Waals surface area contributed by atoms with E-state index in [4.69, 9.17) is 5.11 Å². The Morgan fingerprint density at radius 2 is 1.86 bits per heavy atom. The third kappa shape index (κ3) is 2.52. The van der Waals surface area contributed by atoms with Gasteiger partial charge in [0.05, 0.1) is 6.42 Å². The number of Topliss-reactive ketones (excluding diaryl/α,β-unsaturated/α-hetero) is 1. The third-order valence-corrected chi connectivity index (χ3v) is 1.76. The van der Waals surface area contributed by atoms with Gasteiger partial charge in [0.2, 0.25) is 0 Å². The summed E-state index contributed by atoms with van der Waals surface area (Å²) in [5.74, 6) is -3.80. The number of benzene rings is 1. The Hall–Kier alpha value is -1.45. The number of carbonyl (C=O) groups excluding carboxylic acids is 1. The molecule has 0 amide bonds. The van der Waals surface area contributed by atoms with Gasteiger partial charge in [-0.2, -0.15) is 0 Å². The van der Waals surface area contributed by atoms with Crippen LogP contribution >= 0.6 is 0 Å². The molecule has 1 N–H and O–H groups in total. The fourth-order valence-electron chi connectivity index (χ4n) is 1.12. The molecule has 0 heterocycles. The summed E-state index contributed by atoms with van der Waals surface area (Å²) in [6.45, 7) is 1.12. The number of phenolic OH excluding ortho intramolecular Hbond substituents is 1. The van der Waals surface area contributed by atoms with Crippen molar-refractivity contribution in [3.8, 4) is 5.75 Å². The smallest absolute Gasteiger partial charge is 0.280 e. The maximum absolute atomic E-state index is 13.2. The third-order valence-electron chi connectivity index (χ3n) is 1.76. The van der Waals surface area contributed by atoms with Gasteiger partial charge in [-0.15, -0.1) is 0 Å². The van der Waals surface area contributed by atoms with Crippen LogP contribution in [-0.4, -0.2) is 10.9 Å². The Balaban J connectivity index is 2.91. The molecule has 0 atom stereocenters. The Kier molecular flexibility index (Phi) is 2.84. The van der Waals surface area contributed by atoms with Crippen molar-refractivity contribution in [2.45, 2.75) is 19.3 Å². The van der Waals surface area contributed by atoms with Crippen molar-refractivity contribution >= 4 is 5.78 Å². The number of ketones is 1. The van der Waals surface area contributed by atoms with Gasteiger partial charge in [-0.3, -0.25) is 4.79 Å². The Morgan fingerprint density at radius 1 is 1.36 bits per heavy atom. The van der Waals surface area contributed by atoms with Crippen molar-refractivity contribution in [1.29, 1.82) is 0 Å². The fourth-order valence-corrected chi connectivity index (χ4v) is 1.12. The van der Waals surface area contributed by atoms with Crippen LogP contribution in [0, 0.1) is 0 Å². The minimum absolute atomic E-state index is 0.0765. The van der Waals surface area contributed by atoms with Gasteiger partial charge in [-0.1, -0.05) is 0 Å². The van der Waals surface area contributed by atoms with Gasteiger partial charge in [-0.25, -0.2) is 8.78 Å². The summed E-state index contributed by atoms with van der Waals surface area (Å²) in [5, 5.41) is 8.89. The number of hydrogen-bond donors (Lipinski definition) is 1. The maximum Gasteiger partial charge on any atom is 0.280 e. The number of aromatic hydroxyl groups is 1. The molecule has 0 saturated carbocycles. The monoisotopic (exact) mass is 200 g/mol. The summed E-state index contributed by atoms with van der Waals surface area (Å²) in [6, 6.07) is 4.56. The molecular weight excluding hydrogens is 190 g/mol. The van der Waals surface area contributed by atoms with E-state index in [2.05, 4.69) is 0 Å². The fraction of sp³-hybridized carbons (Fsp3) is 0.300. The molecule has 0 aliphatic rings. The standard InChI is InChI=1S/C10H10F2O2/c1-7(13)6-10(11,12)8-2-4-9(14)5-3-8/h2-5,14H,6H2,1H3. The lowest BCUT2D eigenvalue weighted by Gasteiger charge is -2.14. The Morgan fingerprint density at radius 3 is 2.29 bits per heavy atom. The van der Waals surface area contributed by atoms with Crippen LogP contribution in [0.15, 0.2) is 24.3 Å². The van der Waals surface area contributed by atoms with E-state index in [1.54, 1.807) is 0 Å². The molecule has 0 aromatic heterocycles. The minimum atomic E-state index is -3.15. The molecule has 1 rings (SSSR count). The highest BCUT2D eigenvalue weighted by Crippen LogP contribution is 2.32. The average Bonchev–Trinajstić information content (AvgIpc) is 2.02. The first-order chi connectivity index (χ1) is 6.42. The van der Waals surface area contributed by atoms with Crippen LogP contribution in [-0.2, 0) is 10.7 Å². The van der Waals surface area contributed by atoms with Gasteiger partial charge >= 0.3 is 0 Å². The van der Waals surface area contributed by atoms with Crippen LogP contribution < -0.4 is 0 Å². The molecule has 14 heavy (non-hydrogen) atoms. The lowest BCUT2D eigenvalue weighted by atomic mass is 10.0. The van der Waals surface area contributed by atoms with Crippen LogP contribution in [0.4, 0.5) is 8.78 Å². The number of alkyl halides is 2. The quantitative estimate of drug-likeness (QED) is 0.813. The Bertz CT molecular complexity index is 330. The zero-order valence-corrected chi connectivity index (χ0v) is 7.63. The molecule has 0 aliphatic carbocycles. The second-order valence-electron chi connectivity index (χ2n) is 3.13. The van der Waals surface area contributed by atoms with Gasteiger partial charge in [-0.05, 0) is 31.2 Å². The van der Waals surface area contributed by atoms with E-state index in [1.165, 1.54) is 12.1 Å². The molecule has 1 aromatic rings. The lowest BCUT2D eigenvalue weighted by Crippen LogP contribution is -2.16. The molecule has 0 radical (unpaired) electrons. The highest BCUT2D eigenvalue weighted by molar-refractivity contribution is 5.76. The second-order valence-corrected chi connectivity index (χ2v) is 3.13. The molecule has 0 saturated heterocycles. The summed E-state index contributed by atoms with van der Waals surface area (Å²) in [7, 11) is 0. The van der Waals surface area contributed by atoms with Crippen molar-refractivity contribution in [3.05, 3.63) is 29.8 Å². The van der Waals surface area contributed by atoms with Crippen molar-refractivity contribution < 1.29 is 18.7 Å². The molecule has 76 valence electrons. The predicted octanol–water partition coefficient (Wildman–Crippen LogP) is 2.46. The largest absolute Gasteiger partial charge is 0.508 e. The van der Waals surface area contributed by atoms with E-state index >= 15 is 0 Å². The minimum Gasteiger partial charge on any atom is -0.508 e. The number of hydrogen-bond acceptors (Lipinski definition) is 2. The molecule has 0 spiro atoms. The zero-order chi connectivity index (χ0) is 10.8. The Labute approximate surface area is 80.2 Å². The van der Waals surface area contributed by atoms with Crippen molar-refractivity contribution in [3.63, 3.8) is 0 Å². The van der Waals surface area contributed by atoms with Crippen LogP contribution in [0.5, 0.6) is 5.75 Å². The van der Waals surface area contributed by atoms with Gasteiger partial charge in [0.1, 0.15) is 11.5 Å². The molecule has 2 nitrogen and oxygen atoms in total. The summed E-state index contributed by atoms with van der Waals surface area (Å²) >= 11 is 0. The van der Waals surface area contributed by atoms with E-state index in [-0.39, 0.29) is 11.3 Å². The summed E-state index contributed by atoms with van der Waals surface area (Å²) in [6.07, 6.45) is -0.808. The van der Waals surface area contributed by atoms with E-state index in [0.717, 1.165) is 19.1 Å². The van der Waals surface area contributed by atoms with Gasteiger partial charge in [0.15, 0.2) is 0 Å². The first-order valence-corrected chi connectivity index (χ1v) is 4.08. The molecular formula is C10H10F2O2. The number of carbonyl (C=O) groups is 1. The summed E-state index contributed by atoms with van der Waals surface area (Å²) < 4.78 is 26.5. The van der Waals surface area contributed by atoms with Gasteiger partial charge in [0, 0.05) is 5.56 Å². The van der Waals surface area contributed by atoms with E-state index in [9.17, 15) is 13.6 Å². The molecule has 0 bridgehead atoms. The highest BCUT2D eigenvalue weighted by Gasteiger charge is 2.32. The van der Waals surface area contributed by atoms with Gasteiger partial charge < -0.3 is 5.11 Å². The topological polar surface area (TPSA) is 37.3 Å². The van der Waals surface area contributed by atoms with Crippen molar-refractivity contribution in [2.75, 3.05) is 0 Å². The van der Waals surface area contributed by atoms with Crippen LogP contribution in [0.25, 0.3) is 0 Å². The number of rotatable bonds is 3. The van der Waals surface area contributed by atoms with Crippen LogP contribution in [0.2, 0.25) is 0 Å². The summed E-state index contributed by atoms with van der Waals surface area (Å²) in [5.41, 5.74) is -0.259. The number of phenols is 1. The maximum atomic E-state index is 13.2. The number of halogens is 2. The van der Waals surface area contributed by atoms with Crippen LogP contribution in [0.3, 0.4) is 0 Å². The normalized spacial score (nSPS) is 11.4. The summed E-state index contributed by atoms with van der Waals surface area (Å²) in [4.78, 5) is 10.6. The van der Waals surface area contributed by atoms with Crippen LogP contribution in [0.1, 0.15) is 18.9 Å². The van der Waals surface area contributed by atoms with E-state index in [0.29, 0.717) is 0 Å². The second kappa shape index (κ2) is 3.74. The van der Waals surface area contributed by atoms with Crippen molar-refractivity contribution in [1.82, 2.24) is 0 Å². The molecule has 4 heteroatoms.